The van der Waals surface area contributed by atoms with Crippen molar-refractivity contribution >= 4 is 17.4 Å². The number of hydrogen-bond donors (Lipinski definition) is 1. The van der Waals surface area contributed by atoms with Crippen molar-refractivity contribution in [1.29, 1.82) is 5.26 Å². The molecule has 3 rings (SSSR count). The van der Waals surface area contributed by atoms with Gasteiger partial charge in [-0.25, -0.2) is 0 Å². The molecule has 1 N–H and O–H groups in total. The zero-order chi connectivity index (χ0) is 12.4. The third-order valence-corrected chi connectivity index (χ3v) is 4.22. The second kappa shape index (κ2) is 4.75. The number of thioether (sulfide) groups is 1. The van der Waals surface area contributed by atoms with Crippen molar-refractivity contribution in [3.63, 3.8) is 0 Å². The van der Waals surface area contributed by atoms with Gasteiger partial charge in [-0.15, -0.1) is 11.8 Å². The Hall–Kier alpha value is -1.92. The molecule has 1 aliphatic rings. The van der Waals surface area contributed by atoms with Gasteiger partial charge >= 0.3 is 0 Å². The van der Waals surface area contributed by atoms with Gasteiger partial charge in [-0.1, -0.05) is 24.3 Å². The highest BCUT2D eigenvalue weighted by atomic mass is 32.2. The lowest BCUT2D eigenvalue weighted by molar-refractivity contribution is 0.900. The predicted molar refractivity (Wildman–Crippen MR) is 74.7 cm³/mol. The monoisotopic (exact) mass is 252 g/mol. The number of nitrogens with one attached hydrogen (secondary N) is 1. The molecule has 0 saturated heterocycles. The van der Waals surface area contributed by atoms with Crippen LogP contribution in [-0.4, -0.2) is 5.75 Å². The highest BCUT2D eigenvalue weighted by Gasteiger charge is 2.22. The fraction of sp³-hybridized carbons (Fsp3) is 0.133. The number of benzene rings is 2. The van der Waals surface area contributed by atoms with Crippen LogP contribution in [0.2, 0.25) is 0 Å². The van der Waals surface area contributed by atoms with Crippen molar-refractivity contribution in [1.82, 2.24) is 0 Å². The molecule has 1 heterocycles. The third-order valence-electron chi connectivity index (χ3n) is 3.03. The van der Waals surface area contributed by atoms with Gasteiger partial charge in [-0.05, 0) is 29.8 Å². The largest absolute Gasteiger partial charge is 0.377 e. The Balaban J connectivity index is 1.84. The summed E-state index contributed by atoms with van der Waals surface area (Å²) < 4.78 is 0. The topological polar surface area (TPSA) is 35.8 Å². The molecular formula is C15H12N2S. The molecule has 1 unspecified atom stereocenters. The van der Waals surface area contributed by atoms with Gasteiger partial charge in [0.2, 0.25) is 0 Å². The minimum atomic E-state index is 0.333. The molecule has 2 aromatic rings. The van der Waals surface area contributed by atoms with Crippen LogP contribution in [0.5, 0.6) is 0 Å². The zero-order valence-electron chi connectivity index (χ0n) is 9.76. The summed E-state index contributed by atoms with van der Waals surface area (Å²) >= 11 is 1.88. The zero-order valence-corrected chi connectivity index (χ0v) is 10.6. The molecule has 1 atom stereocenters. The van der Waals surface area contributed by atoms with E-state index in [1.54, 1.807) is 0 Å². The standard InChI is InChI=1S/C15H12N2S/c16-9-11-4-3-5-12(8-11)17-14-10-18-15-7-2-1-6-13(14)15/h1-8,14,17H,10H2. The Morgan fingerprint density at radius 3 is 2.94 bits per heavy atom. The van der Waals surface area contributed by atoms with E-state index in [0.29, 0.717) is 11.6 Å². The van der Waals surface area contributed by atoms with E-state index in [9.17, 15) is 0 Å². The van der Waals surface area contributed by atoms with Crippen LogP contribution in [0.15, 0.2) is 53.4 Å². The Kier molecular flexibility index (Phi) is 2.95. The highest BCUT2D eigenvalue weighted by molar-refractivity contribution is 7.99. The van der Waals surface area contributed by atoms with Crippen LogP contribution < -0.4 is 5.32 Å². The summed E-state index contributed by atoms with van der Waals surface area (Å²) in [6.45, 7) is 0. The smallest absolute Gasteiger partial charge is 0.0992 e. The highest BCUT2D eigenvalue weighted by Crippen LogP contribution is 2.39. The van der Waals surface area contributed by atoms with Crippen LogP contribution in [0.4, 0.5) is 5.69 Å². The number of nitriles is 1. The molecule has 0 spiro atoms. The number of anilines is 1. The van der Waals surface area contributed by atoms with Crippen molar-refractivity contribution < 1.29 is 0 Å². The molecule has 88 valence electrons. The molecule has 3 heteroatoms. The predicted octanol–water partition coefficient (Wildman–Crippen LogP) is 3.82. The van der Waals surface area contributed by atoms with Gasteiger partial charge < -0.3 is 5.32 Å². The number of nitrogens with zero attached hydrogens (tertiary/aromatic N) is 1. The summed E-state index contributed by atoms with van der Waals surface area (Å²) in [6.07, 6.45) is 0. The Morgan fingerprint density at radius 1 is 1.17 bits per heavy atom. The number of rotatable bonds is 2. The average Bonchev–Trinajstić information content (AvgIpc) is 2.83. The van der Waals surface area contributed by atoms with Gasteiger partial charge in [-0.3, -0.25) is 0 Å². The van der Waals surface area contributed by atoms with Crippen LogP contribution in [0.25, 0.3) is 0 Å². The van der Waals surface area contributed by atoms with Gasteiger partial charge in [0.25, 0.3) is 0 Å². The second-order valence-electron chi connectivity index (χ2n) is 4.24. The van der Waals surface area contributed by atoms with Crippen molar-refractivity contribution in [2.45, 2.75) is 10.9 Å². The van der Waals surface area contributed by atoms with E-state index >= 15 is 0 Å². The maximum atomic E-state index is 8.90. The first-order valence-corrected chi connectivity index (χ1v) is 6.84. The Labute approximate surface area is 111 Å². The molecule has 18 heavy (non-hydrogen) atoms. The van der Waals surface area contributed by atoms with Crippen LogP contribution in [0.1, 0.15) is 17.2 Å². The molecule has 0 amide bonds. The molecule has 0 aromatic heterocycles. The van der Waals surface area contributed by atoms with E-state index in [4.69, 9.17) is 5.26 Å². The quantitative estimate of drug-likeness (QED) is 0.882. The molecule has 2 aromatic carbocycles. The fourth-order valence-electron chi connectivity index (χ4n) is 2.16. The van der Waals surface area contributed by atoms with E-state index in [1.165, 1.54) is 10.5 Å². The van der Waals surface area contributed by atoms with Gasteiger partial charge in [0.05, 0.1) is 17.7 Å². The molecular weight excluding hydrogens is 240 g/mol. The van der Waals surface area contributed by atoms with E-state index in [0.717, 1.165) is 11.4 Å². The maximum absolute atomic E-state index is 8.90. The van der Waals surface area contributed by atoms with Crippen LogP contribution >= 0.6 is 11.8 Å². The van der Waals surface area contributed by atoms with Crippen molar-refractivity contribution in [3.8, 4) is 6.07 Å². The van der Waals surface area contributed by atoms with Crippen LogP contribution in [0.3, 0.4) is 0 Å². The van der Waals surface area contributed by atoms with Gasteiger partial charge in [0, 0.05) is 16.3 Å². The minimum Gasteiger partial charge on any atom is -0.377 e. The van der Waals surface area contributed by atoms with Gasteiger partial charge in [0.15, 0.2) is 0 Å². The van der Waals surface area contributed by atoms with E-state index < -0.39 is 0 Å². The van der Waals surface area contributed by atoms with Crippen LogP contribution in [-0.2, 0) is 0 Å². The van der Waals surface area contributed by atoms with Crippen molar-refractivity contribution in [2.24, 2.45) is 0 Å². The summed E-state index contributed by atoms with van der Waals surface area (Å²) in [4.78, 5) is 1.35. The maximum Gasteiger partial charge on any atom is 0.0992 e. The summed E-state index contributed by atoms with van der Waals surface area (Å²) in [6, 6.07) is 18.6. The first-order valence-electron chi connectivity index (χ1n) is 5.85. The summed E-state index contributed by atoms with van der Waals surface area (Å²) in [5.41, 5.74) is 3.06. The summed E-state index contributed by atoms with van der Waals surface area (Å²) in [7, 11) is 0. The van der Waals surface area contributed by atoms with E-state index in [2.05, 4.69) is 35.7 Å². The molecule has 2 nitrogen and oxygen atoms in total. The second-order valence-corrected chi connectivity index (χ2v) is 5.30. The molecule has 0 saturated carbocycles. The Bertz CT molecular complexity index is 616. The lowest BCUT2D eigenvalue weighted by atomic mass is 10.1. The number of hydrogen-bond acceptors (Lipinski definition) is 3. The van der Waals surface area contributed by atoms with Crippen LogP contribution in [0, 0.1) is 11.3 Å². The fourth-order valence-corrected chi connectivity index (χ4v) is 3.32. The van der Waals surface area contributed by atoms with Crippen molar-refractivity contribution in [2.75, 3.05) is 11.1 Å². The summed E-state index contributed by atoms with van der Waals surface area (Å²) in [5.74, 6) is 1.04. The van der Waals surface area contributed by atoms with E-state index in [1.807, 2.05) is 36.0 Å². The van der Waals surface area contributed by atoms with E-state index in [-0.39, 0.29) is 0 Å². The average molecular weight is 252 g/mol. The van der Waals surface area contributed by atoms with Gasteiger partial charge in [-0.2, -0.15) is 5.26 Å². The lowest BCUT2D eigenvalue weighted by Crippen LogP contribution is -2.09. The summed E-state index contributed by atoms with van der Waals surface area (Å²) in [5, 5.41) is 12.4. The molecule has 1 aliphatic heterocycles. The Morgan fingerprint density at radius 2 is 2.06 bits per heavy atom. The number of fused-ring (bicyclic) bond motifs is 1. The SMILES string of the molecule is N#Cc1cccc(NC2CSc3ccccc32)c1. The minimum absolute atomic E-state index is 0.333. The van der Waals surface area contributed by atoms with Crippen molar-refractivity contribution in [3.05, 3.63) is 59.7 Å². The van der Waals surface area contributed by atoms with Gasteiger partial charge in [0.1, 0.15) is 0 Å². The normalized spacial score (nSPS) is 16.9. The molecule has 0 fully saturated rings. The third kappa shape index (κ3) is 2.07. The molecule has 0 aliphatic carbocycles. The first kappa shape index (κ1) is 11.2. The molecule has 0 bridgehead atoms. The first-order chi connectivity index (χ1) is 8.86. The molecule has 0 radical (unpaired) electrons. The lowest BCUT2D eigenvalue weighted by Gasteiger charge is -2.14.